The summed E-state index contributed by atoms with van der Waals surface area (Å²) in [5, 5.41) is 23.0. The summed E-state index contributed by atoms with van der Waals surface area (Å²) in [6.07, 6.45) is 0.894. The lowest BCUT2D eigenvalue weighted by atomic mass is 10.2. The molecule has 0 aliphatic rings. The zero-order chi connectivity index (χ0) is 22.0. The van der Waals surface area contributed by atoms with E-state index in [1.807, 2.05) is 53.8 Å². The summed E-state index contributed by atoms with van der Waals surface area (Å²) in [5.74, 6) is 0.251. The van der Waals surface area contributed by atoms with E-state index in [1.54, 1.807) is 22.0 Å². The number of carbonyl (C=O) groups is 1. The first-order chi connectivity index (χ1) is 13.5. The lowest BCUT2D eigenvalue weighted by molar-refractivity contribution is 0.0171. The minimum Gasteiger partial charge on any atom is -0.508 e. The van der Waals surface area contributed by atoms with Gasteiger partial charge in [-0.1, -0.05) is 12.1 Å². The molecule has 1 amide bonds. The number of aromatic hydroxyl groups is 1. The van der Waals surface area contributed by atoms with Crippen molar-refractivity contribution in [3.8, 4) is 5.75 Å². The van der Waals surface area contributed by atoms with Gasteiger partial charge in [-0.25, -0.2) is 4.79 Å². The maximum absolute atomic E-state index is 12.4. The Morgan fingerprint density at radius 1 is 1.21 bits per heavy atom. The predicted octanol–water partition coefficient (Wildman–Crippen LogP) is 4.87. The van der Waals surface area contributed by atoms with Crippen molar-refractivity contribution in [2.75, 3.05) is 25.5 Å². The summed E-state index contributed by atoms with van der Waals surface area (Å²) in [4.78, 5) is 14.0. The molecule has 0 aromatic heterocycles. The topological polar surface area (TPSA) is 89.8 Å². The summed E-state index contributed by atoms with van der Waals surface area (Å²) in [5.41, 5.74) is 0.415. The Morgan fingerprint density at radius 2 is 1.83 bits per heavy atom. The van der Waals surface area contributed by atoms with Gasteiger partial charge in [0.15, 0.2) is 0 Å². The van der Waals surface area contributed by atoms with Crippen LogP contribution < -0.4 is 5.32 Å². The number of nitrogens with zero attached hydrogens (tertiary/aromatic N) is 4. The molecule has 0 bridgehead atoms. The quantitative estimate of drug-likeness (QED) is 0.328. The molecule has 2 N–H and O–H groups in total. The number of amides is 1. The van der Waals surface area contributed by atoms with E-state index in [4.69, 9.17) is 4.74 Å². The molecule has 1 aromatic rings. The lowest BCUT2D eigenvalue weighted by Gasteiger charge is -2.29. The summed E-state index contributed by atoms with van der Waals surface area (Å²) >= 11 is 0. The monoisotopic (exact) mass is 407 g/mol. The van der Waals surface area contributed by atoms with Crippen LogP contribution in [0.2, 0.25) is 0 Å². The third-order valence-electron chi connectivity index (χ3n) is 4.08. The van der Waals surface area contributed by atoms with Gasteiger partial charge in [-0.3, -0.25) is 9.91 Å². The van der Waals surface area contributed by atoms with Gasteiger partial charge in [0.2, 0.25) is 0 Å². The van der Waals surface area contributed by atoms with Crippen LogP contribution in [0.3, 0.4) is 0 Å². The van der Waals surface area contributed by atoms with Gasteiger partial charge in [-0.2, -0.15) is 0 Å². The average Bonchev–Trinajstić information content (AvgIpc) is 2.62. The Labute approximate surface area is 174 Å². The number of phenols is 1. The molecule has 164 valence electrons. The molecule has 2 atom stereocenters. The van der Waals surface area contributed by atoms with Gasteiger partial charge >= 0.3 is 6.09 Å². The second-order valence-corrected chi connectivity index (χ2v) is 8.27. The molecule has 8 nitrogen and oxygen atoms in total. The largest absolute Gasteiger partial charge is 0.508 e. The Hall–Kier alpha value is -2.51. The molecule has 0 aliphatic carbocycles. The molecule has 0 aliphatic heterocycles. The van der Waals surface area contributed by atoms with Crippen molar-refractivity contribution >= 4 is 11.8 Å². The van der Waals surface area contributed by atoms with Crippen molar-refractivity contribution in [2.24, 2.45) is 10.3 Å². The van der Waals surface area contributed by atoms with Crippen LogP contribution in [-0.4, -0.2) is 59.1 Å². The van der Waals surface area contributed by atoms with Crippen molar-refractivity contribution in [2.45, 2.75) is 72.2 Å². The van der Waals surface area contributed by atoms with Gasteiger partial charge in [0.05, 0.1) is 0 Å². The van der Waals surface area contributed by atoms with Crippen LogP contribution in [0.15, 0.2) is 34.6 Å². The highest BCUT2D eigenvalue weighted by Crippen LogP contribution is 2.16. The molecular formula is C21H37N5O3. The highest BCUT2D eigenvalue weighted by Gasteiger charge is 2.25. The predicted molar refractivity (Wildman–Crippen MR) is 116 cm³/mol. The van der Waals surface area contributed by atoms with Crippen molar-refractivity contribution in [1.82, 2.24) is 9.91 Å². The second kappa shape index (κ2) is 11.5. The Morgan fingerprint density at radius 3 is 2.38 bits per heavy atom. The summed E-state index contributed by atoms with van der Waals surface area (Å²) in [6, 6.07) is 7.23. The van der Waals surface area contributed by atoms with Gasteiger partial charge < -0.3 is 15.2 Å². The van der Waals surface area contributed by atoms with Crippen LogP contribution in [0, 0.1) is 0 Å². The second-order valence-electron chi connectivity index (χ2n) is 8.27. The van der Waals surface area contributed by atoms with Crippen LogP contribution in [0.25, 0.3) is 0 Å². The number of phenolic OH excluding ortho intramolecular Hbond substituents is 1. The highest BCUT2D eigenvalue weighted by atomic mass is 16.6. The molecular weight excluding hydrogens is 370 g/mol. The van der Waals surface area contributed by atoms with Gasteiger partial charge in [-0.05, 0) is 71.7 Å². The third kappa shape index (κ3) is 10.0. The molecule has 29 heavy (non-hydrogen) atoms. The van der Waals surface area contributed by atoms with E-state index in [2.05, 4.69) is 22.6 Å². The normalized spacial score (nSPS) is 13.8. The number of hydrogen-bond acceptors (Lipinski definition) is 6. The third-order valence-corrected chi connectivity index (χ3v) is 4.08. The SMILES string of the molecule is CCCN(C(=O)OC(C)(C)C)C(C)N=NN(C)CCC(C)Nc1ccc(O)cc1. The van der Waals surface area contributed by atoms with E-state index in [0.29, 0.717) is 13.1 Å². The minimum absolute atomic E-state index is 0.230. The Bertz CT molecular complexity index is 643. The fourth-order valence-corrected chi connectivity index (χ4v) is 2.56. The zero-order valence-electron chi connectivity index (χ0n) is 18.8. The fraction of sp³-hybridized carbons (Fsp3) is 0.667. The zero-order valence-corrected chi connectivity index (χ0v) is 18.8. The van der Waals surface area contributed by atoms with E-state index >= 15 is 0 Å². The van der Waals surface area contributed by atoms with E-state index in [9.17, 15) is 9.90 Å². The highest BCUT2D eigenvalue weighted by molar-refractivity contribution is 5.68. The number of ether oxygens (including phenoxy) is 1. The van der Waals surface area contributed by atoms with E-state index < -0.39 is 11.8 Å². The Balaban J connectivity index is 2.51. The fourth-order valence-electron chi connectivity index (χ4n) is 2.56. The van der Waals surface area contributed by atoms with Crippen molar-refractivity contribution in [3.05, 3.63) is 24.3 Å². The van der Waals surface area contributed by atoms with E-state index in [1.165, 1.54) is 0 Å². The maximum atomic E-state index is 12.4. The number of carbonyl (C=O) groups excluding carboxylic acids is 1. The molecule has 2 unspecified atom stereocenters. The molecule has 0 saturated carbocycles. The molecule has 0 heterocycles. The number of hydrogen-bond donors (Lipinski definition) is 2. The van der Waals surface area contributed by atoms with E-state index in [0.717, 1.165) is 18.5 Å². The molecule has 1 rings (SSSR count). The van der Waals surface area contributed by atoms with Gasteiger partial charge in [0.1, 0.15) is 17.5 Å². The first-order valence-electron chi connectivity index (χ1n) is 10.2. The number of rotatable bonds is 10. The average molecular weight is 408 g/mol. The van der Waals surface area contributed by atoms with Crippen LogP contribution in [-0.2, 0) is 4.74 Å². The first kappa shape index (κ1) is 24.5. The molecule has 0 radical (unpaired) electrons. The maximum Gasteiger partial charge on any atom is 0.412 e. The van der Waals surface area contributed by atoms with Crippen LogP contribution in [0.5, 0.6) is 5.75 Å². The lowest BCUT2D eigenvalue weighted by Crippen LogP contribution is -2.41. The van der Waals surface area contributed by atoms with Crippen LogP contribution >= 0.6 is 0 Å². The van der Waals surface area contributed by atoms with Crippen LogP contribution in [0.4, 0.5) is 10.5 Å². The minimum atomic E-state index is -0.544. The van der Waals surface area contributed by atoms with Crippen LogP contribution in [0.1, 0.15) is 54.4 Å². The molecule has 0 fully saturated rings. The van der Waals surface area contributed by atoms with Crippen molar-refractivity contribution in [3.63, 3.8) is 0 Å². The van der Waals surface area contributed by atoms with Gasteiger partial charge in [0.25, 0.3) is 0 Å². The smallest absolute Gasteiger partial charge is 0.412 e. The summed E-state index contributed by atoms with van der Waals surface area (Å²) in [6.45, 7) is 12.8. The molecule has 1 aromatic carbocycles. The van der Waals surface area contributed by atoms with Crippen molar-refractivity contribution < 1.29 is 14.6 Å². The van der Waals surface area contributed by atoms with Crippen molar-refractivity contribution in [1.29, 1.82) is 0 Å². The first-order valence-corrected chi connectivity index (χ1v) is 10.2. The number of anilines is 1. The van der Waals surface area contributed by atoms with Gasteiger partial charge in [0, 0.05) is 31.9 Å². The standard InChI is InChI=1S/C21H37N5O3/c1-8-14-26(20(28)29-21(4,5)6)17(3)23-24-25(7)15-13-16(2)22-18-9-11-19(27)12-10-18/h9-12,16-17,22,27H,8,13-15H2,1-7H3. The summed E-state index contributed by atoms with van der Waals surface area (Å²) in [7, 11) is 1.86. The molecule has 0 spiro atoms. The molecule has 8 heteroatoms. The number of benzene rings is 1. The van der Waals surface area contributed by atoms with Gasteiger partial charge in [-0.15, -0.1) is 5.11 Å². The summed E-state index contributed by atoms with van der Waals surface area (Å²) < 4.78 is 5.47. The van der Waals surface area contributed by atoms with E-state index in [-0.39, 0.29) is 17.9 Å². The number of nitrogens with one attached hydrogen (secondary N) is 1. The Kier molecular flexibility index (Phi) is 9.71. The molecule has 0 saturated heterocycles.